The van der Waals surface area contributed by atoms with Gasteiger partial charge in [0, 0.05) is 12.1 Å². The molecule has 0 bridgehead atoms. The van der Waals surface area contributed by atoms with Crippen molar-refractivity contribution in [2.75, 3.05) is 25.4 Å². The molecule has 0 aliphatic rings. The van der Waals surface area contributed by atoms with Crippen LogP contribution in [0, 0.1) is 0 Å². The predicted octanol–water partition coefficient (Wildman–Crippen LogP) is -0.236. The molecule has 0 spiro atoms. The molecular formula is C10H20N2O4S. The van der Waals surface area contributed by atoms with Gasteiger partial charge >= 0.3 is 0 Å². The normalized spacial score (nSPS) is 11.2. The fourth-order valence-electron chi connectivity index (χ4n) is 0.930. The summed E-state index contributed by atoms with van der Waals surface area (Å²) < 4.78 is 27.1. The van der Waals surface area contributed by atoms with Crippen molar-refractivity contribution < 1.29 is 17.4 Å². The molecule has 0 saturated heterocycles. The monoisotopic (exact) mass is 264 g/mol. The average molecular weight is 264 g/mol. The van der Waals surface area contributed by atoms with E-state index in [4.69, 9.17) is 9.92 Å². The highest BCUT2D eigenvalue weighted by molar-refractivity contribution is 7.86. The summed E-state index contributed by atoms with van der Waals surface area (Å²) in [6, 6.07) is 0. The molecule has 0 rings (SSSR count). The van der Waals surface area contributed by atoms with Crippen LogP contribution in [0.15, 0.2) is 12.2 Å². The van der Waals surface area contributed by atoms with E-state index in [9.17, 15) is 13.2 Å². The number of nitrogens with two attached hydrogens (primary N) is 1. The minimum absolute atomic E-state index is 0.0589. The van der Waals surface area contributed by atoms with Gasteiger partial charge in [0.15, 0.2) is 0 Å². The number of carbonyl (C=O) groups is 1. The predicted molar refractivity (Wildman–Crippen MR) is 65.9 cm³/mol. The highest BCUT2D eigenvalue weighted by Gasteiger charge is 2.09. The van der Waals surface area contributed by atoms with Crippen molar-refractivity contribution in [2.45, 2.75) is 19.8 Å². The van der Waals surface area contributed by atoms with Gasteiger partial charge in [-0.25, -0.2) is 0 Å². The standard InChI is InChI=1S/C10H20N2O4S/c1-9(2)10(13)12-6-4-7-16-17(14,15)8-3-5-11/h1,3-8,11H2,2H3,(H,12,13). The first-order valence-corrected chi connectivity index (χ1v) is 6.97. The summed E-state index contributed by atoms with van der Waals surface area (Å²) in [7, 11) is -3.47. The molecule has 0 aliphatic heterocycles. The summed E-state index contributed by atoms with van der Waals surface area (Å²) >= 11 is 0. The quantitative estimate of drug-likeness (QED) is 0.340. The summed E-state index contributed by atoms with van der Waals surface area (Å²) in [6.07, 6.45) is 0.815. The minimum Gasteiger partial charge on any atom is -0.352 e. The van der Waals surface area contributed by atoms with E-state index in [0.29, 0.717) is 31.5 Å². The second-order valence-electron chi connectivity index (χ2n) is 3.62. The van der Waals surface area contributed by atoms with Crippen LogP contribution in [-0.2, 0) is 19.1 Å². The van der Waals surface area contributed by atoms with Crippen LogP contribution >= 0.6 is 0 Å². The molecule has 0 atom stereocenters. The van der Waals surface area contributed by atoms with Crippen LogP contribution in [0.5, 0.6) is 0 Å². The van der Waals surface area contributed by atoms with Crippen LogP contribution in [0.25, 0.3) is 0 Å². The Bertz CT molecular complexity index is 351. The van der Waals surface area contributed by atoms with Gasteiger partial charge in [-0.3, -0.25) is 8.98 Å². The molecule has 100 valence electrons. The summed E-state index contributed by atoms with van der Waals surface area (Å²) in [4.78, 5) is 11.1. The fraction of sp³-hybridized carbons (Fsp3) is 0.700. The van der Waals surface area contributed by atoms with E-state index in [1.165, 1.54) is 0 Å². The Balaban J connectivity index is 3.64. The number of hydrogen-bond acceptors (Lipinski definition) is 5. The SMILES string of the molecule is C=C(C)C(=O)NCCCOS(=O)(=O)CCCN. The zero-order valence-corrected chi connectivity index (χ0v) is 10.9. The van der Waals surface area contributed by atoms with Crippen molar-refractivity contribution in [3.8, 4) is 0 Å². The maximum atomic E-state index is 11.2. The van der Waals surface area contributed by atoms with E-state index in [0.717, 1.165) is 0 Å². The molecule has 0 fully saturated rings. The Morgan fingerprint density at radius 3 is 2.59 bits per heavy atom. The van der Waals surface area contributed by atoms with E-state index in [1.54, 1.807) is 6.92 Å². The molecule has 3 N–H and O–H groups in total. The van der Waals surface area contributed by atoms with Crippen LogP contribution < -0.4 is 11.1 Å². The van der Waals surface area contributed by atoms with Crippen molar-refractivity contribution in [3.63, 3.8) is 0 Å². The van der Waals surface area contributed by atoms with Crippen LogP contribution in [-0.4, -0.2) is 39.8 Å². The molecule has 0 unspecified atom stereocenters. The summed E-state index contributed by atoms with van der Waals surface area (Å²) in [5, 5.41) is 2.58. The van der Waals surface area contributed by atoms with Gasteiger partial charge in [0.25, 0.3) is 10.1 Å². The lowest BCUT2D eigenvalue weighted by Gasteiger charge is -2.06. The molecule has 0 heterocycles. The fourth-order valence-corrected chi connectivity index (χ4v) is 1.94. The Hall–Kier alpha value is -0.920. The smallest absolute Gasteiger partial charge is 0.267 e. The first kappa shape index (κ1) is 16.1. The zero-order valence-electron chi connectivity index (χ0n) is 10.1. The number of amides is 1. The van der Waals surface area contributed by atoms with Crippen molar-refractivity contribution in [3.05, 3.63) is 12.2 Å². The van der Waals surface area contributed by atoms with Crippen molar-refractivity contribution >= 4 is 16.0 Å². The lowest BCUT2D eigenvalue weighted by atomic mass is 10.3. The van der Waals surface area contributed by atoms with Crippen LogP contribution in [0.4, 0.5) is 0 Å². The molecule has 0 aliphatic carbocycles. The van der Waals surface area contributed by atoms with Crippen molar-refractivity contribution in [1.29, 1.82) is 0 Å². The van der Waals surface area contributed by atoms with Gasteiger partial charge in [0.05, 0.1) is 12.4 Å². The molecule has 1 amide bonds. The lowest BCUT2D eigenvalue weighted by Crippen LogP contribution is -2.26. The molecule has 0 aromatic rings. The summed E-state index contributed by atoms with van der Waals surface area (Å²) in [5.74, 6) is -0.308. The largest absolute Gasteiger partial charge is 0.352 e. The van der Waals surface area contributed by atoms with Gasteiger partial charge < -0.3 is 11.1 Å². The molecule has 0 aromatic carbocycles. The van der Waals surface area contributed by atoms with Gasteiger partial charge in [0.2, 0.25) is 5.91 Å². The van der Waals surface area contributed by atoms with Crippen LogP contribution in [0.1, 0.15) is 19.8 Å². The average Bonchev–Trinajstić information content (AvgIpc) is 2.25. The van der Waals surface area contributed by atoms with Crippen LogP contribution in [0.3, 0.4) is 0 Å². The van der Waals surface area contributed by atoms with Crippen molar-refractivity contribution in [1.82, 2.24) is 5.32 Å². The number of carbonyl (C=O) groups excluding carboxylic acids is 1. The van der Waals surface area contributed by atoms with E-state index < -0.39 is 10.1 Å². The molecule has 0 aromatic heterocycles. The number of hydrogen-bond donors (Lipinski definition) is 2. The molecular weight excluding hydrogens is 244 g/mol. The molecule has 6 nitrogen and oxygen atoms in total. The third-order valence-corrected chi connectivity index (χ3v) is 3.17. The minimum atomic E-state index is -3.47. The Kier molecular flexibility index (Phi) is 7.77. The second kappa shape index (κ2) is 8.21. The Morgan fingerprint density at radius 2 is 2.06 bits per heavy atom. The first-order chi connectivity index (χ1) is 7.89. The molecule has 0 saturated carbocycles. The van der Waals surface area contributed by atoms with E-state index in [-0.39, 0.29) is 18.3 Å². The third kappa shape index (κ3) is 8.84. The maximum absolute atomic E-state index is 11.2. The van der Waals surface area contributed by atoms with E-state index >= 15 is 0 Å². The van der Waals surface area contributed by atoms with Crippen LogP contribution in [0.2, 0.25) is 0 Å². The molecule has 7 heteroatoms. The third-order valence-electron chi connectivity index (χ3n) is 1.86. The summed E-state index contributed by atoms with van der Waals surface area (Å²) in [6.45, 7) is 5.81. The first-order valence-electron chi connectivity index (χ1n) is 5.40. The topological polar surface area (TPSA) is 98.5 Å². The Labute approximate surface area is 102 Å². The Morgan fingerprint density at radius 1 is 1.41 bits per heavy atom. The molecule has 0 radical (unpaired) electrons. The highest BCUT2D eigenvalue weighted by Crippen LogP contribution is 1.97. The van der Waals surface area contributed by atoms with Gasteiger partial charge in [-0.05, 0) is 26.3 Å². The summed E-state index contributed by atoms with van der Waals surface area (Å²) in [5.41, 5.74) is 5.62. The number of rotatable bonds is 9. The van der Waals surface area contributed by atoms with Crippen molar-refractivity contribution in [2.24, 2.45) is 5.73 Å². The van der Waals surface area contributed by atoms with Gasteiger partial charge in [-0.1, -0.05) is 6.58 Å². The second-order valence-corrected chi connectivity index (χ2v) is 5.38. The highest BCUT2D eigenvalue weighted by atomic mass is 32.2. The van der Waals surface area contributed by atoms with Gasteiger partial charge in [-0.15, -0.1) is 0 Å². The number of nitrogens with one attached hydrogen (secondary N) is 1. The van der Waals surface area contributed by atoms with E-state index in [1.807, 2.05) is 0 Å². The maximum Gasteiger partial charge on any atom is 0.267 e. The zero-order chi connectivity index (χ0) is 13.3. The molecule has 17 heavy (non-hydrogen) atoms. The lowest BCUT2D eigenvalue weighted by molar-refractivity contribution is -0.117. The van der Waals surface area contributed by atoms with Gasteiger partial charge in [-0.2, -0.15) is 8.42 Å². The van der Waals surface area contributed by atoms with Gasteiger partial charge in [0.1, 0.15) is 0 Å². The van der Waals surface area contributed by atoms with E-state index in [2.05, 4.69) is 11.9 Å².